The SMILES string of the molecule is CCCCCCCCOc1ccc(-c2ccc(C(=O)Sc3ccc(OC(C)C(=O)OC(CC)CC)cc3F)cc2)cc1. The maximum absolute atomic E-state index is 14.8. The zero-order valence-electron chi connectivity index (χ0n) is 25.2. The highest BCUT2D eigenvalue weighted by Gasteiger charge is 2.21. The summed E-state index contributed by atoms with van der Waals surface area (Å²) in [5.74, 6) is -0.0396. The number of hydrogen-bond donors (Lipinski definition) is 0. The maximum Gasteiger partial charge on any atom is 0.347 e. The van der Waals surface area contributed by atoms with E-state index in [0.717, 1.165) is 41.7 Å². The van der Waals surface area contributed by atoms with Crippen molar-refractivity contribution in [1.29, 1.82) is 0 Å². The van der Waals surface area contributed by atoms with E-state index in [1.54, 1.807) is 25.1 Å². The molecule has 7 heteroatoms. The van der Waals surface area contributed by atoms with Crippen LogP contribution < -0.4 is 9.47 Å². The van der Waals surface area contributed by atoms with Gasteiger partial charge in [-0.15, -0.1) is 0 Å². The fraction of sp³-hybridized carbons (Fsp3) is 0.429. The molecular formula is C35H43FO5S. The van der Waals surface area contributed by atoms with Crippen LogP contribution in [0.3, 0.4) is 0 Å². The van der Waals surface area contributed by atoms with Gasteiger partial charge in [-0.2, -0.15) is 0 Å². The first kappa shape index (κ1) is 33.2. The molecule has 0 heterocycles. The number of thioether (sulfide) groups is 1. The van der Waals surface area contributed by atoms with Gasteiger partial charge in [-0.1, -0.05) is 77.1 Å². The Morgan fingerprint density at radius 1 is 0.786 bits per heavy atom. The van der Waals surface area contributed by atoms with Crippen LogP contribution in [-0.2, 0) is 9.53 Å². The summed E-state index contributed by atoms with van der Waals surface area (Å²) < 4.78 is 31.6. The van der Waals surface area contributed by atoms with E-state index < -0.39 is 17.9 Å². The fourth-order valence-corrected chi connectivity index (χ4v) is 5.13. The molecule has 0 bridgehead atoms. The van der Waals surface area contributed by atoms with Crippen molar-refractivity contribution in [3.63, 3.8) is 0 Å². The Balaban J connectivity index is 1.50. The molecule has 0 saturated heterocycles. The Labute approximate surface area is 254 Å². The van der Waals surface area contributed by atoms with Gasteiger partial charge in [0.05, 0.1) is 11.5 Å². The van der Waals surface area contributed by atoms with Gasteiger partial charge >= 0.3 is 5.97 Å². The Morgan fingerprint density at radius 3 is 2.00 bits per heavy atom. The minimum absolute atomic E-state index is 0.168. The first-order chi connectivity index (χ1) is 20.3. The predicted molar refractivity (Wildman–Crippen MR) is 168 cm³/mol. The van der Waals surface area contributed by atoms with Gasteiger partial charge in [-0.3, -0.25) is 4.79 Å². The second kappa shape index (κ2) is 17.6. The molecule has 0 fully saturated rings. The van der Waals surface area contributed by atoms with Crippen LogP contribution in [0.4, 0.5) is 4.39 Å². The first-order valence-corrected chi connectivity index (χ1v) is 15.9. The van der Waals surface area contributed by atoms with Crippen molar-refractivity contribution < 1.29 is 28.2 Å². The number of carbonyl (C=O) groups is 2. The second-order valence-electron chi connectivity index (χ2n) is 10.3. The number of rotatable bonds is 17. The molecule has 0 amide bonds. The summed E-state index contributed by atoms with van der Waals surface area (Å²) in [6.07, 6.45) is 7.77. The average molecular weight is 595 g/mol. The van der Waals surface area contributed by atoms with Gasteiger partial charge in [0, 0.05) is 11.6 Å². The molecule has 0 aliphatic rings. The number of benzene rings is 3. The Hall–Kier alpha value is -3.32. The van der Waals surface area contributed by atoms with Gasteiger partial charge in [0.2, 0.25) is 5.12 Å². The van der Waals surface area contributed by atoms with E-state index in [9.17, 15) is 14.0 Å². The van der Waals surface area contributed by atoms with E-state index in [-0.39, 0.29) is 21.9 Å². The summed E-state index contributed by atoms with van der Waals surface area (Å²) >= 11 is 0.812. The molecule has 0 N–H and O–H groups in total. The molecule has 0 saturated carbocycles. The molecule has 3 rings (SSSR count). The fourth-order valence-electron chi connectivity index (χ4n) is 4.38. The Kier molecular flexibility index (Phi) is 13.9. The van der Waals surface area contributed by atoms with E-state index in [2.05, 4.69) is 6.92 Å². The van der Waals surface area contributed by atoms with Crippen molar-refractivity contribution in [3.05, 3.63) is 78.1 Å². The van der Waals surface area contributed by atoms with E-state index in [4.69, 9.17) is 14.2 Å². The Bertz CT molecular complexity index is 1260. The largest absolute Gasteiger partial charge is 0.494 e. The van der Waals surface area contributed by atoms with Gasteiger partial charge in [0.25, 0.3) is 0 Å². The molecule has 0 aromatic heterocycles. The molecule has 1 unspecified atom stereocenters. The lowest BCUT2D eigenvalue weighted by Crippen LogP contribution is -2.29. The predicted octanol–water partition coefficient (Wildman–Crippen LogP) is 9.66. The van der Waals surface area contributed by atoms with Crippen LogP contribution in [0.15, 0.2) is 71.6 Å². The molecule has 0 spiro atoms. The highest BCUT2D eigenvalue weighted by Crippen LogP contribution is 2.30. The topological polar surface area (TPSA) is 61.8 Å². The van der Waals surface area contributed by atoms with Crippen LogP contribution in [0.25, 0.3) is 11.1 Å². The van der Waals surface area contributed by atoms with Gasteiger partial charge < -0.3 is 14.2 Å². The van der Waals surface area contributed by atoms with Crippen molar-refractivity contribution >= 4 is 22.8 Å². The molecule has 3 aromatic carbocycles. The van der Waals surface area contributed by atoms with Crippen LogP contribution >= 0.6 is 11.8 Å². The quantitative estimate of drug-likeness (QED) is 0.0881. The van der Waals surface area contributed by atoms with Crippen molar-refractivity contribution in [1.82, 2.24) is 0 Å². The third-order valence-electron chi connectivity index (χ3n) is 7.02. The number of hydrogen-bond acceptors (Lipinski definition) is 6. The molecule has 226 valence electrons. The molecule has 3 aromatic rings. The smallest absolute Gasteiger partial charge is 0.347 e. The van der Waals surface area contributed by atoms with Crippen molar-refractivity contribution in [2.45, 2.75) is 96.2 Å². The van der Waals surface area contributed by atoms with E-state index in [0.29, 0.717) is 18.4 Å². The van der Waals surface area contributed by atoms with Crippen LogP contribution in [0.1, 0.15) is 89.4 Å². The number of carbonyl (C=O) groups excluding carboxylic acids is 2. The molecule has 0 radical (unpaired) electrons. The highest BCUT2D eigenvalue weighted by molar-refractivity contribution is 8.14. The monoisotopic (exact) mass is 594 g/mol. The Morgan fingerprint density at radius 2 is 1.38 bits per heavy atom. The standard InChI is InChI=1S/C35H43FO5S/c1-5-8-9-10-11-12-23-39-30-19-17-27(18-20-30)26-13-15-28(16-14-26)35(38)42-33-22-21-31(24-32(33)36)40-25(4)34(37)41-29(6-2)7-3/h13-22,24-25,29H,5-12,23H2,1-4H3. The normalized spacial score (nSPS) is 11.8. The summed E-state index contributed by atoms with van der Waals surface area (Å²) in [5, 5.41) is -0.269. The van der Waals surface area contributed by atoms with Crippen molar-refractivity contribution in [3.8, 4) is 22.6 Å². The zero-order valence-corrected chi connectivity index (χ0v) is 26.0. The first-order valence-electron chi connectivity index (χ1n) is 15.1. The molecule has 0 aliphatic carbocycles. The van der Waals surface area contributed by atoms with Gasteiger partial charge in [0.1, 0.15) is 23.4 Å². The maximum atomic E-state index is 14.8. The van der Waals surface area contributed by atoms with Gasteiger partial charge in [-0.25, -0.2) is 9.18 Å². The summed E-state index contributed by atoms with van der Waals surface area (Å²) in [5.41, 5.74) is 2.47. The van der Waals surface area contributed by atoms with Crippen LogP contribution in [-0.4, -0.2) is 29.9 Å². The summed E-state index contributed by atoms with van der Waals surface area (Å²) in [7, 11) is 0. The number of esters is 1. The van der Waals surface area contributed by atoms with Crippen molar-refractivity contribution in [2.75, 3.05) is 6.61 Å². The van der Waals surface area contributed by atoms with E-state index in [1.165, 1.54) is 44.2 Å². The second-order valence-corrected chi connectivity index (χ2v) is 11.3. The zero-order chi connectivity index (χ0) is 30.3. The van der Waals surface area contributed by atoms with Gasteiger partial charge in [0.15, 0.2) is 6.10 Å². The summed E-state index contributed by atoms with van der Waals surface area (Å²) in [6, 6.07) is 19.4. The van der Waals surface area contributed by atoms with Crippen LogP contribution in [0.5, 0.6) is 11.5 Å². The number of unbranched alkanes of at least 4 members (excludes halogenated alkanes) is 5. The lowest BCUT2D eigenvalue weighted by atomic mass is 10.0. The van der Waals surface area contributed by atoms with E-state index in [1.807, 2.05) is 50.2 Å². The van der Waals surface area contributed by atoms with Crippen LogP contribution in [0.2, 0.25) is 0 Å². The minimum atomic E-state index is -0.877. The lowest BCUT2D eigenvalue weighted by Gasteiger charge is -2.18. The summed E-state index contributed by atoms with van der Waals surface area (Å²) in [6.45, 7) is 8.41. The molecule has 0 aliphatic heterocycles. The van der Waals surface area contributed by atoms with E-state index >= 15 is 0 Å². The lowest BCUT2D eigenvalue weighted by molar-refractivity contribution is -0.157. The van der Waals surface area contributed by atoms with Gasteiger partial charge in [-0.05, 0) is 85.5 Å². The average Bonchev–Trinajstić information content (AvgIpc) is 3.01. The summed E-state index contributed by atoms with van der Waals surface area (Å²) in [4.78, 5) is 25.3. The van der Waals surface area contributed by atoms with Crippen LogP contribution in [0, 0.1) is 5.82 Å². The number of halogens is 1. The third kappa shape index (κ3) is 10.5. The van der Waals surface area contributed by atoms with Crippen molar-refractivity contribution in [2.24, 2.45) is 0 Å². The molecule has 5 nitrogen and oxygen atoms in total. The number of ether oxygens (including phenoxy) is 3. The third-order valence-corrected chi connectivity index (χ3v) is 7.99. The highest BCUT2D eigenvalue weighted by atomic mass is 32.2. The molecule has 1 atom stereocenters. The minimum Gasteiger partial charge on any atom is -0.494 e. The molecular weight excluding hydrogens is 551 g/mol. The molecule has 42 heavy (non-hydrogen) atoms.